The number of rotatable bonds is 5. The standard InChI is InChI=1S/C29H38N6O2S/c1-3-33-14-13-23-24(19-33)38-28-25(23)27(31-26(32-28)20-7-5-4-6-8-20)34-15-17-35(18-16-34)29(36)30-21-9-11-22(37-2)12-10-21/h9-12,20H,3-8,13-19H2,1-2H3,(H,30,36). The summed E-state index contributed by atoms with van der Waals surface area (Å²) < 4.78 is 5.22. The number of carbonyl (C=O) groups is 1. The summed E-state index contributed by atoms with van der Waals surface area (Å²) in [5.74, 6) is 3.39. The lowest BCUT2D eigenvalue weighted by atomic mass is 9.88. The quantitative estimate of drug-likeness (QED) is 0.467. The molecule has 6 rings (SSSR count). The minimum Gasteiger partial charge on any atom is -0.497 e. The van der Waals surface area contributed by atoms with E-state index in [1.807, 2.05) is 40.5 Å². The lowest BCUT2D eigenvalue weighted by Gasteiger charge is -2.36. The Morgan fingerprint density at radius 3 is 2.53 bits per heavy atom. The Morgan fingerprint density at radius 2 is 1.82 bits per heavy atom. The largest absolute Gasteiger partial charge is 0.497 e. The number of hydrogen-bond donors (Lipinski definition) is 1. The van der Waals surface area contributed by atoms with E-state index < -0.39 is 0 Å². The number of fused-ring (bicyclic) bond motifs is 3. The summed E-state index contributed by atoms with van der Waals surface area (Å²) in [5.41, 5.74) is 2.23. The normalized spacial score (nSPS) is 19.0. The van der Waals surface area contributed by atoms with Crippen molar-refractivity contribution in [2.24, 2.45) is 0 Å². The third-order valence-electron chi connectivity index (χ3n) is 8.40. The highest BCUT2D eigenvalue weighted by molar-refractivity contribution is 7.19. The number of methoxy groups -OCH3 is 1. The van der Waals surface area contributed by atoms with Crippen LogP contribution in [0.1, 0.15) is 61.2 Å². The third kappa shape index (κ3) is 5.06. The fourth-order valence-electron chi connectivity index (χ4n) is 6.09. The number of likely N-dealkylation sites (N-methyl/N-ethyl adjacent to an activating group) is 1. The van der Waals surface area contributed by atoms with Gasteiger partial charge in [0.2, 0.25) is 0 Å². The van der Waals surface area contributed by atoms with Crippen molar-refractivity contribution in [2.45, 2.75) is 57.9 Å². The molecule has 2 aromatic heterocycles. The van der Waals surface area contributed by atoms with Gasteiger partial charge in [-0.15, -0.1) is 11.3 Å². The number of nitrogens with one attached hydrogen (secondary N) is 1. The van der Waals surface area contributed by atoms with E-state index >= 15 is 0 Å². The van der Waals surface area contributed by atoms with E-state index in [2.05, 4.69) is 22.0 Å². The van der Waals surface area contributed by atoms with E-state index in [-0.39, 0.29) is 6.03 Å². The summed E-state index contributed by atoms with van der Waals surface area (Å²) >= 11 is 1.88. The number of anilines is 2. The highest BCUT2D eigenvalue weighted by Crippen LogP contribution is 2.41. The number of piperazine rings is 1. The molecule has 202 valence electrons. The number of carbonyl (C=O) groups excluding carboxylic acids is 1. The third-order valence-corrected chi connectivity index (χ3v) is 9.51. The van der Waals surface area contributed by atoms with Gasteiger partial charge in [-0.25, -0.2) is 14.8 Å². The van der Waals surface area contributed by atoms with Crippen molar-refractivity contribution >= 4 is 39.1 Å². The van der Waals surface area contributed by atoms with E-state index in [1.54, 1.807) is 7.11 Å². The van der Waals surface area contributed by atoms with Crippen molar-refractivity contribution in [3.05, 3.63) is 40.5 Å². The minimum absolute atomic E-state index is 0.0573. The van der Waals surface area contributed by atoms with Crippen molar-refractivity contribution in [1.82, 2.24) is 19.8 Å². The first kappa shape index (κ1) is 25.4. The van der Waals surface area contributed by atoms with Crippen molar-refractivity contribution in [3.63, 3.8) is 0 Å². The van der Waals surface area contributed by atoms with Gasteiger partial charge in [0.1, 0.15) is 22.2 Å². The monoisotopic (exact) mass is 534 g/mol. The van der Waals surface area contributed by atoms with Gasteiger partial charge in [0.05, 0.1) is 12.5 Å². The highest BCUT2D eigenvalue weighted by Gasteiger charge is 2.30. The molecule has 1 saturated carbocycles. The van der Waals surface area contributed by atoms with E-state index in [4.69, 9.17) is 14.7 Å². The van der Waals surface area contributed by atoms with Crippen LogP contribution in [-0.4, -0.2) is 72.2 Å². The molecule has 8 nitrogen and oxygen atoms in total. The van der Waals surface area contributed by atoms with Crippen LogP contribution in [0.3, 0.4) is 0 Å². The molecule has 1 saturated heterocycles. The Kier molecular flexibility index (Phi) is 7.39. The second kappa shape index (κ2) is 11.1. The molecule has 0 unspecified atom stereocenters. The number of nitrogens with zero attached hydrogens (tertiary/aromatic N) is 5. The topological polar surface area (TPSA) is 73.8 Å². The van der Waals surface area contributed by atoms with Crippen LogP contribution in [0.2, 0.25) is 0 Å². The Bertz CT molecular complexity index is 1280. The van der Waals surface area contributed by atoms with Gasteiger partial charge >= 0.3 is 6.03 Å². The average Bonchev–Trinajstić information content (AvgIpc) is 3.35. The summed E-state index contributed by atoms with van der Waals surface area (Å²) in [4.78, 5) is 32.9. The summed E-state index contributed by atoms with van der Waals surface area (Å²) in [7, 11) is 1.64. The minimum atomic E-state index is -0.0573. The zero-order valence-corrected chi connectivity index (χ0v) is 23.4. The molecule has 2 aliphatic heterocycles. The van der Waals surface area contributed by atoms with Crippen LogP contribution in [0.5, 0.6) is 5.75 Å². The molecule has 38 heavy (non-hydrogen) atoms. The number of benzene rings is 1. The van der Waals surface area contributed by atoms with E-state index in [9.17, 15) is 4.79 Å². The predicted octanol–water partition coefficient (Wildman–Crippen LogP) is 5.48. The average molecular weight is 535 g/mol. The Labute approximate surface area is 229 Å². The Hall–Kier alpha value is -2.91. The molecule has 2 amide bonds. The molecule has 0 atom stereocenters. The van der Waals surface area contributed by atoms with Crippen LogP contribution >= 0.6 is 11.3 Å². The Morgan fingerprint density at radius 1 is 1.05 bits per heavy atom. The van der Waals surface area contributed by atoms with Gasteiger partial charge in [-0.3, -0.25) is 4.90 Å². The molecular formula is C29H38N6O2S. The maximum atomic E-state index is 13.0. The molecule has 3 aliphatic rings. The first-order valence-electron chi connectivity index (χ1n) is 14.1. The first-order valence-corrected chi connectivity index (χ1v) is 14.9. The fraction of sp³-hybridized carbons (Fsp3) is 0.552. The van der Waals surface area contributed by atoms with E-state index in [1.165, 1.54) is 52.8 Å². The number of thiophene rings is 1. The van der Waals surface area contributed by atoms with Gasteiger partial charge in [-0.2, -0.15) is 0 Å². The van der Waals surface area contributed by atoms with Crippen LogP contribution in [0.15, 0.2) is 24.3 Å². The van der Waals surface area contributed by atoms with Crippen LogP contribution in [-0.2, 0) is 13.0 Å². The van der Waals surface area contributed by atoms with Crippen LogP contribution < -0.4 is 15.0 Å². The number of aromatic nitrogens is 2. The summed E-state index contributed by atoms with van der Waals surface area (Å²) in [6.45, 7) is 8.33. The summed E-state index contributed by atoms with van der Waals surface area (Å²) in [6, 6.07) is 7.41. The number of urea groups is 1. The first-order chi connectivity index (χ1) is 18.6. The fourth-order valence-corrected chi connectivity index (χ4v) is 7.35. The second-order valence-corrected chi connectivity index (χ2v) is 11.8. The molecule has 0 spiro atoms. The highest BCUT2D eigenvalue weighted by atomic mass is 32.1. The van der Waals surface area contributed by atoms with Gasteiger partial charge in [0, 0.05) is 55.8 Å². The zero-order chi connectivity index (χ0) is 26.1. The molecule has 0 radical (unpaired) electrons. The molecule has 9 heteroatoms. The van der Waals surface area contributed by atoms with Crippen LogP contribution in [0.25, 0.3) is 10.2 Å². The van der Waals surface area contributed by atoms with Crippen molar-refractivity contribution in [2.75, 3.05) is 56.6 Å². The molecule has 1 aliphatic carbocycles. The molecule has 3 aromatic rings. The SMILES string of the molecule is CCN1CCc2c(sc3nc(C4CCCCC4)nc(N4CCN(C(=O)Nc5ccc(OC)cc5)CC4)c23)C1. The van der Waals surface area contributed by atoms with Gasteiger partial charge in [-0.05, 0) is 55.6 Å². The van der Waals surface area contributed by atoms with Crippen molar-refractivity contribution in [3.8, 4) is 5.75 Å². The van der Waals surface area contributed by atoms with Gasteiger partial charge in [0.25, 0.3) is 0 Å². The van der Waals surface area contributed by atoms with E-state index in [0.29, 0.717) is 19.0 Å². The summed E-state index contributed by atoms with van der Waals surface area (Å²) in [5, 5.41) is 4.30. The molecule has 1 aromatic carbocycles. The maximum absolute atomic E-state index is 13.0. The molecule has 1 N–H and O–H groups in total. The number of amides is 2. The van der Waals surface area contributed by atoms with Crippen molar-refractivity contribution < 1.29 is 9.53 Å². The maximum Gasteiger partial charge on any atom is 0.321 e. The Balaban J connectivity index is 1.24. The smallest absolute Gasteiger partial charge is 0.321 e. The van der Waals surface area contributed by atoms with Crippen LogP contribution in [0, 0.1) is 0 Å². The van der Waals surface area contributed by atoms with Gasteiger partial charge < -0.3 is 19.9 Å². The van der Waals surface area contributed by atoms with E-state index in [0.717, 1.165) is 62.2 Å². The van der Waals surface area contributed by atoms with Gasteiger partial charge in [-0.1, -0.05) is 26.2 Å². The lowest BCUT2D eigenvalue weighted by molar-refractivity contribution is 0.208. The second-order valence-electron chi connectivity index (χ2n) is 10.7. The number of ether oxygens (including phenoxy) is 1. The molecular weight excluding hydrogens is 496 g/mol. The predicted molar refractivity (Wildman–Crippen MR) is 154 cm³/mol. The van der Waals surface area contributed by atoms with Gasteiger partial charge in [0.15, 0.2) is 0 Å². The lowest BCUT2D eigenvalue weighted by Crippen LogP contribution is -2.50. The molecule has 2 fully saturated rings. The van der Waals surface area contributed by atoms with Crippen molar-refractivity contribution in [1.29, 1.82) is 0 Å². The molecule has 4 heterocycles. The number of hydrogen-bond acceptors (Lipinski definition) is 7. The van der Waals surface area contributed by atoms with Crippen LogP contribution in [0.4, 0.5) is 16.3 Å². The molecule has 0 bridgehead atoms. The zero-order valence-electron chi connectivity index (χ0n) is 22.5. The summed E-state index contributed by atoms with van der Waals surface area (Å²) in [6.07, 6.45) is 7.32.